The van der Waals surface area contributed by atoms with Crippen molar-refractivity contribution in [2.75, 3.05) is 0 Å². The highest BCUT2D eigenvalue weighted by Crippen LogP contribution is 2.17. The second-order valence-corrected chi connectivity index (χ2v) is 5.42. The summed E-state index contributed by atoms with van der Waals surface area (Å²) in [6.07, 6.45) is 8.58. The molecule has 3 nitrogen and oxygen atoms in total. The van der Waals surface area contributed by atoms with Gasteiger partial charge in [0, 0.05) is 12.1 Å². The van der Waals surface area contributed by atoms with Crippen molar-refractivity contribution in [3.63, 3.8) is 0 Å². The van der Waals surface area contributed by atoms with Gasteiger partial charge in [-0.2, -0.15) is 0 Å². The average molecular weight is 240 g/mol. The molecule has 0 bridgehead atoms. The molecule has 1 rings (SSSR count). The Morgan fingerprint density at radius 2 is 1.88 bits per heavy atom. The van der Waals surface area contributed by atoms with Crippen molar-refractivity contribution in [2.45, 2.75) is 83.8 Å². The molecule has 0 aliphatic heterocycles. The summed E-state index contributed by atoms with van der Waals surface area (Å²) in [6, 6.07) is 0.784. The van der Waals surface area contributed by atoms with Gasteiger partial charge in [0.15, 0.2) is 0 Å². The Morgan fingerprint density at radius 1 is 1.24 bits per heavy atom. The summed E-state index contributed by atoms with van der Waals surface area (Å²) in [7, 11) is 0. The summed E-state index contributed by atoms with van der Waals surface area (Å²) >= 11 is 0. The van der Waals surface area contributed by atoms with E-state index in [0.717, 1.165) is 12.8 Å². The van der Waals surface area contributed by atoms with Gasteiger partial charge < -0.3 is 10.6 Å². The molecule has 1 fully saturated rings. The molecule has 0 aromatic carbocycles. The van der Waals surface area contributed by atoms with Crippen molar-refractivity contribution in [3.05, 3.63) is 0 Å². The molecule has 2 unspecified atom stereocenters. The van der Waals surface area contributed by atoms with Gasteiger partial charge in [0.1, 0.15) is 0 Å². The molecule has 1 aliphatic rings. The molecule has 2 atom stereocenters. The molecule has 17 heavy (non-hydrogen) atoms. The maximum Gasteiger partial charge on any atom is 0.237 e. The Morgan fingerprint density at radius 3 is 2.47 bits per heavy atom. The molecule has 0 aromatic rings. The zero-order valence-corrected chi connectivity index (χ0v) is 11.6. The molecule has 2 N–H and O–H groups in total. The fraction of sp³-hybridized carbons (Fsp3) is 0.929. The second kappa shape index (κ2) is 7.70. The molecule has 0 aromatic heterocycles. The third-order valence-electron chi connectivity index (χ3n) is 3.59. The van der Waals surface area contributed by atoms with Crippen LogP contribution in [0, 0.1) is 0 Å². The Hall–Kier alpha value is -0.570. The van der Waals surface area contributed by atoms with Crippen LogP contribution in [-0.2, 0) is 4.79 Å². The minimum absolute atomic E-state index is 0.0580. The van der Waals surface area contributed by atoms with E-state index >= 15 is 0 Å². The van der Waals surface area contributed by atoms with Crippen LogP contribution in [0.3, 0.4) is 0 Å². The van der Waals surface area contributed by atoms with E-state index in [-0.39, 0.29) is 11.9 Å². The molecule has 0 saturated heterocycles. The molecule has 1 saturated carbocycles. The number of rotatable bonds is 6. The van der Waals surface area contributed by atoms with E-state index in [4.69, 9.17) is 0 Å². The number of hydrogen-bond donors (Lipinski definition) is 2. The SMILES string of the molecule is CCCC(C)NC(=O)C(C)NC1CCCCC1. The maximum absolute atomic E-state index is 11.9. The summed E-state index contributed by atoms with van der Waals surface area (Å²) in [5.41, 5.74) is 0. The van der Waals surface area contributed by atoms with Crippen LogP contribution < -0.4 is 10.6 Å². The van der Waals surface area contributed by atoms with E-state index in [1.165, 1.54) is 32.1 Å². The quantitative estimate of drug-likeness (QED) is 0.749. The summed E-state index contributed by atoms with van der Waals surface area (Å²) in [5, 5.41) is 6.52. The van der Waals surface area contributed by atoms with Crippen LogP contribution in [0.4, 0.5) is 0 Å². The van der Waals surface area contributed by atoms with Gasteiger partial charge in [-0.1, -0.05) is 32.6 Å². The van der Waals surface area contributed by atoms with Gasteiger partial charge in [0.05, 0.1) is 6.04 Å². The number of carbonyl (C=O) groups excluding carboxylic acids is 1. The van der Waals surface area contributed by atoms with Gasteiger partial charge in [0.2, 0.25) is 5.91 Å². The molecular formula is C14H28N2O. The van der Waals surface area contributed by atoms with Crippen molar-refractivity contribution in [2.24, 2.45) is 0 Å². The largest absolute Gasteiger partial charge is 0.352 e. The molecule has 0 heterocycles. The van der Waals surface area contributed by atoms with E-state index in [0.29, 0.717) is 12.1 Å². The first-order chi connectivity index (χ1) is 8.13. The van der Waals surface area contributed by atoms with Crippen LogP contribution in [0.2, 0.25) is 0 Å². The van der Waals surface area contributed by atoms with Gasteiger partial charge in [-0.3, -0.25) is 4.79 Å². The summed E-state index contributed by atoms with van der Waals surface area (Å²) in [4.78, 5) is 11.9. The lowest BCUT2D eigenvalue weighted by atomic mass is 9.95. The Bertz CT molecular complexity index is 224. The monoisotopic (exact) mass is 240 g/mol. The van der Waals surface area contributed by atoms with Crippen LogP contribution in [0.25, 0.3) is 0 Å². The minimum Gasteiger partial charge on any atom is -0.352 e. The van der Waals surface area contributed by atoms with E-state index in [1.807, 2.05) is 6.92 Å². The summed E-state index contributed by atoms with van der Waals surface area (Å²) in [6.45, 7) is 6.20. The highest BCUT2D eigenvalue weighted by Gasteiger charge is 2.20. The van der Waals surface area contributed by atoms with Crippen LogP contribution in [0.15, 0.2) is 0 Å². The van der Waals surface area contributed by atoms with E-state index < -0.39 is 0 Å². The zero-order valence-electron chi connectivity index (χ0n) is 11.6. The molecule has 0 spiro atoms. The molecule has 0 radical (unpaired) electrons. The maximum atomic E-state index is 11.9. The Labute approximate surface area is 106 Å². The third-order valence-corrected chi connectivity index (χ3v) is 3.59. The predicted molar refractivity (Wildman–Crippen MR) is 72.0 cm³/mol. The number of amides is 1. The summed E-state index contributed by atoms with van der Waals surface area (Å²) in [5.74, 6) is 0.150. The molecule has 1 amide bonds. The predicted octanol–water partition coefficient (Wildman–Crippen LogP) is 2.60. The van der Waals surface area contributed by atoms with Gasteiger partial charge in [-0.05, 0) is 33.1 Å². The van der Waals surface area contributed by atoms with Crippen molar-refractivity contribution in [1.29, 1.82) is 0 Å². The average Bonchev–Trinajstić information content (AvgIpc) is 2.30. The van der Waals surface area contributed by atoms with Crippen molar-refractivity contribution < 1.29 is 4.79 Å². The van der Waals surface area contributed by atoms with Gasteiger partial charge in [-0.25, -0.2) is 0 Å². The van der Waals surface area contributed by atoms with Gasteiger partial charge in [0.25, 0.3) is 0 Å². The Kier molecular flexibility index (Phi) is 6.56. The van der Waals surface area contributed by atoms with Crippen molar-refractivity contribution in [3.8, 4) is 0 Å². The fourth-order valence-electron chi connectivity index (χ4n) is 2.57. The normalized spacial score (nSPS) is 20.9. The Balaban J connectivity index is 2.25. The van der Waals surface area contributed by atoms with E-state index in [1.54, 1.807) is 0 Å². The number of hydrogen-bond acceptors (Lipinski definition) is 2. The third kappa shape index (κ3) is 5.53. The van der Waals surface area contributed by atoms with Crippen molar-refractivity contribution in [1.82, 2.24) is 10.6 Å². The first-order valence-electron chi connectivity index (χ1n) is 7.20. The first kappa shape index (κ1) is 14.5. The fourth-order valence-corrected chi connectivity index (χ4v) is 2.57. The highest BCUT2D eigenvalue weighted by molar-refractivity contribution is 5.81. The topological polar surface area (TPSA) is 41.1 Å². The van der Waals surface area contributed by atoms with Crippen LogP contribution in [0.1, 0.15) is 65.7 Å². The minimum atomic E-state index is -0.0580. The standard InChI is InChI=1S/C14H28N2O/c1-4-8-11(2)15-14(17)12(3)16-13-9-6-5-7-10-13/h11-13,16H,4-10H2,1-3H3,(H,15,17). The van der Waals surface area contributed by atoms with Crippen LogP contribution in [0.5, 0.6) is 0 Å². The van der Waals surface area contributed by atoms with Gasteiger partial charge >= 0.3 is 0 Å². The summed E-state index contributed by atoms with van der Waals surface area (Å²) < 4.78 is 0. The van der Waals surface area contributed by atoms with Gasteiger partial charge in [-0.15, -0.1) is 0 Å². The van der Waals surface area contributed by atoms with Crippen LogP contribution >= 0.6 is 0 Å². The smallest absolute Gasteiger partial charge is 0.237 e. The lowest BCUT2D eigenvalue weighted by molar-refractivity contribution is -0.123. The molecular weight excluding hydrogens is 212 g/mol. The molecule has 100 valence electrons. The van der Waals surface area contributed by atoms with Crippen LogP contribution in [-0.4, -0.2) is 24.0 Å². The molecule has 1 aliphatic carbocycles. The van der Waals surface area contributed by atoms with E-state index in [9.17, 15) is 4.79 Å². The highest BCUT2D eigenvalue weighted by atomic mass is 16.2. The number of nitrogens with one attached hydrogen (secondary N) is 2. The first-order valence-corrected chi connectivity index (χ1v) is 7.20. The number of carbonyl (C=O) groups is 1. The lowest BCUT2D eigenvalue weighted by Crippen LogP contribution is -2.49. The van der Waals surface area contributed by atoms with Crippen molar-refractivity contribution >= 4 is 5.91 Å². The lowest BCUT2D eigenvalue weighted by Gasteiger charge is -2.26. The second-order valence-electron chi connectivity index (χ2n) is 5.42. The van der Waals surface area contributed by atoms with E-state index in [2.05, 4.69) is 24.5 Å². The zero-order chi connectivity index (χ0) is 12.7. The molecule has 3 heteroatoms.